The van der Waals surface area contributed by atoms with E-state index in [2.05, 4.69) is 25.8 Å². The number of hydrogen-bond acceptors (Lipinski definition) is 2. The molecule has 0 saturated heterocycles. The van der Waals surface area contributed by atoms with E-state index in [-0.39, 0.29) is 5.97 Å². The van der Waals surface area contributed by atoms with Crippen molar-refractivity contribution >= 4 is 25.7 Å². The Labute approximate surface area is 128 Å². The minimum atomic E-state index is -0.319. The van der Waals surface area contributed by atoms with Crippen molar-refractivity contribution in [2.24, 2.45) is 0 Å². The van der Waals surface area contributed by atoms with Crippen LogP contribution >= 0.6 is 19.8 Å². The molecule has 0 radical (unpaired) electrons. The van der Waals surface area contributed by atoms with Gasteiger partial charge in [-0.1, -0.05) is 35.9 Å². The van der Waals surface area contributed by atoms with Gasteiger partial charge < -0.3 is 4.74 Å². The van der Waals surface area contributed by atoms with Crippen LogP contribution in [0, 0.1) is 6.07 Å². The van der Waals surface area contributed by atoms with E-state index in [4.69, 9.17) is 4.74 Å². The first-order valence-electron chi connectivity index (χ1n) is 5.30. The van der Waals surface area contributed by atoms with Crippen LogP contribution < -0.4 is 0 Å². The predicted octanol–water partition coefficient (Wildman–Crippen LogP) is 3.73. The van der Waals surface area contributed by atoms with Crippen molar-refractivity contribution in [3.8, 4) is 0 Å². The predicted molar refractivity (Wildman–Crippen MR) is 74.9 cm³/mol. The summed E-state index contributed by atoms with van der Waals surface area (Å²) in [7, 11) is 0. The van der Waals surface area contributed by atoms with Crippen LogP contribution in [-0.4, -0.2) is 5.97 Å². The quantitative estimate of drug-likeness (QED) is 0.338. The van der Waals surface area contributed by atoms with Crippen molar-refractivity contribution in [1.82, 2.24) is 0 Å². The summed E-state index contributed by atoms with van der Waals surface area (Å²) < 4.78 is 5.16. The zero-order valence-corrected chi connectivity index (χ0v) is 14.9. The van der Waals surface area contributed by atoms with Crippen molar-refractivity contribution in [3.05, 3.63) is 71.8 Å². The van der Waals surface area contributed by atoms with Crippen molar-refractivity contribution in [3.63, 3.8) is 0 Å². The van der Waals surface area contributed by atoms with Crippen LogP contribution in [0.5, 0.6) is 0 Å². The number of ether oxygens (including phenoxy) is 1. The second-order valence-corrected chi connectivity index (χ2v) is 3.35. The SMILES string of the molecule is O=C(OCc1ccccc1)c1c[c-]ccc1.[Zn+][I]. The topological polar surface area (TPSA) is 26.3 Å². The molecule has 18 heavy (non-hydrogen) atoms. The van der Waals surface area contributed by atoms with E-state index in [0.717, 1.165) is 5.56 Å². The molecule has 0 bridgehead atoms. The molecule has 0 saturated carbocycles. The summed E-state index contributed by atoms with van der Waals surface area (Å²) in [6.07, 6.45) is 0. The minimum absolute atomic E-state index is 0.300. The number of carbonyl (C=O) groups excluding carboxylic acids is 1. The Balaban J connectivity index is 0.000000771. The number of halogens is 1. The number of benzene rings is 2. The van der Waals surface area contributed by atoms with E-state index in [0.29, 0.717) is 12.2 Å². The Bertz CT molecular complexity index is 460. The van der Waals surface area contributed by atoms with Crippen molar-refractivity contribution in [2.75, 3.05) is 0 Å². The average molecular weight is 404 g/mol. The zero-order valence-electron chi connectivity index (χ0n) is 9.80. The fraction of sp³-hybridized carbons (Fsp3) is 0.0714. The van der Waals surface area contributed by atoms with Gasteiger partial charge in [0.15, 0.2) is 0 Å². The van der Waals surface area contributed by atoms with Gasteiger partial charge in [0.05, 0.1) is 0 Å². The molecule has 0 aromatic heterocycles. The Kier molecular flexibility index (Phi) is 7.85. The van der Waals surface area contributed by atoms with Crippen molar-refractivity contribution in [1.29, 1.82) is 0 Å². The Morgan fingerprint density at radius 2 is 1.89 bits per heavy atom. The summed E-state index contributed by atoms with van der Waals surface area (Å²) in [4.78, 5) is 11.6. The summed E-state index contributed by atoms with van der Waals surface area (Å²) in [5, 5.41) is 0. The van der Waals surface area contributed by atoms with Crippen LogP contribution in [0.25, 0.3) is 0 Å². The van der Waals surface area contributed by atoms with Crippen LogP contribution in [0.4, 0.5) is 0 Å². The molecule has 0 N–H and O–H groups in total. The van der Waals surface area contributed by atoms with Gasteiger partial charge in [0.2, 0.25) is 0 Å². The van der Waals surface area contributed by atoms with Gasteiger partial charge in [-0.3, -0.25) is 4.79 Å². The Morgan fingerprint density at radius 1 is 1.17 bits per heavy atom. The fourth-order valence-corrected chi connectivity index (χ4v) is 1.33. The fourth-order valence-electron chi connectivity index (χ4n) is 1.33. The van der Waals surface area contributed by atoms with Crippen LogP contribution in [-0.2, 0) is 26.1 Å². The molecular weight excluding hydrogens is 392 g/mol. The first-order valence-corrected chi connectivity index (χ1v) is 14.3. The van der Waals surface area contributed by atoms with Gasteiger partial charge in [0, 0.05) is 0 Å². The summed E-state index contributed by atoms with van der Waals surface area (Å²) in [6.45, 7) is 0.300. The second kappa shape index (κ2) is 9.23. The standard InChI is InChI=1S/C14H11O2.HI.Zn/c15-14(13-9-5-2-6-10-13)16-11-12-7-3-1-4-8-12;;/h1-5,7-10H,11H2;1H;/q-1;;+2/p-1. The van der Waals surface area contributed by atoms with Gasteiger partial charge in [-0.25, -0.2) is 0 Å². The van der Waals surface area contributed by atoms with Crippen molar-refractivity contribution < 1.29 is 24.3 Å². The first kappa shape index (κ1) is 15.3. The third kappa shape index (κ3) is 5.27. The van der Waals surface area contributed by atoms with E-state index >= 15 is 0 Å². The molecule has 4 heteroatoms. The third-order valence-electron chi connectivity index (χ3n) is 2.16. The molecule has 0 unspecified atom stereocenters. The van der Waals surface area contributed by atoms with E-state index in [1.165, 1.54) is 14.8 Å². The van der Waals surface area contributed by atoms with Crippen LogP contribution in [0.1, 0.15) is 15.9 Å². The molecular formula is C14H11IO2Zn. The Hall–Kier alpha value is -0.737. The summed E-state index contributed by atoms with van der Waals surface area (Å²) in [5.41, 5.74) is 1.51. The monoisotopic (exact) mass is 402 g/mol. The maximum atomic E-state index is 11.6. The van der Waals surface area contributed by atoms with Crippen LogP contribution in [0.3, 0.4) is 0 Å². The molecule has 2 aromatic rings. The van der Waals surface area contributed by atoms with Gasteiger partial charge in [0.25, 0.3) is 5.97 Å². The van der Waals surface area contributed by atoms with Gasteiger partial charge >= 0.3 is 34.5 Å². The summed E-state index contributed by atoms with van der Waals surface area (Å²) >= 11 is 3.62. The van der Waals surface area contributed by atoms with Gasteiger partial charge in [-0.15, -0.1) is 0 Å². The molecule has 0 fully saturated rings. The molecule has 2 rings (SSSR count). The van der Waals surface area contributed by atoms with Gasteiger partial charge in [-0.05, 0) is 5.56 Å². The number of hydrogen-bond donors (Lipinski definition) is 0. The molecule has 2 nitrogen and oxygen atoms in total. The first-order chi connectivity index (χ1) is 8.86. The zero-order chi connectivity index (χ0) is 13.2. The van der Waals surface area contributed by atoms with E-state index in [1.807, 2.05) is 30.3 Å². The molecule has 2 aromatic carbocycles. The van der Waals surface area contributed by atoms with Gasteiger partial charge in [0.1, 0.15) is 6.61 Å². The average Bonchev–Trinajstić information content (AvgIpc) is 2.49. The molecule has 88 valence electrons. The third-order valence-corrected chi connectivity index (χ3v) is 2.16. The van der Waals surface area contributed by atoms with Crippen LogP contribution in [0.15, 0.2) is 54.6 Å². The molecule has 0 amide bonds. The number of rotatable bonds is 3. The molecule has 0 atom stereocenters. The van der Waals surface area contributed by atoms with Crippen molar-refractivity contribution in [2.45, 2.75) is 6.61 Å². The summed E-state index contributed by atoms with van der Waals surface area (Å²) in [6, 6.07) is 19.3. The molecule has 0 aliphatic rings. The molecule has 0 aliphatic heterocycles. The molecule has 0 heterocycles. The van der Waals surface area contributed by atoms with E-state index in [1.54, 1.807) is 24.3 Å². The summed E-state index contributed by atoms with van der Waals surface area (Å²) in [5.74, 6) is -0.319. The molecule has 0 aliphatic carbocycles. The normalized spacial score (nSPS) is 9.06. The second-order valence-electron chi connectivity index (χ2n) is 3.35. The van der Waals surface area contributed by atoms with Gasteiger partial charge in [-0.2, -0.15) is 30.3 Å². The van der Waals surface area contributed by atoms with E-state index in [9.17, 15) is 4.79 Å². The number of carbonyl (C=O) groups is 1. The van der Waals surface area contributed by atoms with Crippen LogP contribution in [0.2, 0.25) is 0 Å². The number of esters is 1. The molecule has 0 spiro atoms. The van der Waals surface area contributed by atoms with E-state index < -0.39 is 0 Å². The maximum absolute atomic E-state index is 11.6. The Morgan fingerprint density at radius 3 is 2.50 bits per heavy atom.